The quantitative estimate of drug-likeness (QED) is 0.816. The number of aryl methyl sites for hydroxylation is 1. The molecule has 0 atom stereocenters. The lowest BCUT2D eigenvalue weighted by molar-refractivity contribution is 0.211. The Morgan fingerprint density at radius 1 is 1.32 bits per heavy atom. The molecule has 0 bridgehead atoms. The van der Waals surface area contributed by atoms with Gasteiger partial charge in [0.1, 0.15) is 0 Å². The van der Waals surface area contributed by atoms with Crippen LogP contribution in [0.25, 0.3) is 0 Å². The third-order valence-corrected chi connectivity index (χ3v) is 3.92. The summed E-state index contributed by atoms with van der Waals surface area (Å²) in [6.45, 7) is 12.7. The third-order valence-electron chi connectivity index (χ3n) is 3.92. The Hall–Kier alpha value is -1.12. The summed E-state index contributed by atoms with van der Waals surface area (Å²) in [6, 6.07) is 9.31. The van der Waals surface area contributed by atoms with Crippen LogP contribution in [0.15, 0.2) is 36.4 Å². The number of hydrogen-bond donors (Lipinski definition) is 1. The normalized spacial score (nSPS) is 17.6. The highest BCUT2D eigenvalue weighted by atomic mass is 15.1. The molecule has 1 aliphatic rings. The van der Waals surface area contributed by atoms with Crippen molar-refractivity contribution in [3.05, 3.63) is 47.5 Å². The summed E-state index contributed by atoms with van der Waals surface area (Å²) in [5, 5.41) is 3.70. The summed E-state index contributed by atoms with van der Waals surface area (Å²) in [5.74, 6) is 0. The molecule has 1 heterocycles. The number of nitrogens with zero attached hydrogens (tertiary/aromatic N) is 1. The Balaban J connectivity index is 1.74. The van der Waals surface area contributed by atoms with Crippen LogP contribution >= 0.6 is 0 Å². The number of hydrogen-bond acceptors (Lipinski definition) is 2. The summed E-state index contributed by atoms with van der Waals surface area (Å²) < 4.78 is 0. The fourth-order valence-electron chi connectivity index (χ4n) is 2.74. The molecule has 2 heteroatoms. The molecular formula is C17H26N2. The molecular weight excluding hydrogens is 232 g/mol. The van der Waals surface area contributed by atoms with E-state index in [0.717, 1.165) is 13.1 Å². The average Bonchev–Trinajstić information content (AvgIpc) is 2.39. The average molecular weight is 258 g/mol. The van der Waals surface area contributed by atoms with Crippen LogP contribution in [-0.2, 0) is 6.54 Å². The number of benzene rings is 1. The molecule has 1 aliphatic heterocycles. The maximum Gasteiger partial charge on any atom is 0.0210 e. The van der Waals surface area contributed by atoms with Crippen molar-refractivity contribution in [1.29, 1.82) is 0 Å². The van der Waals surface area contributed by atoms with Crippen LogP contribution in [0, 0.1) is 6.92 Å². The Labute approximate surface area is 117 Å². The van der Waals surface area contributed by atoms with Crippen molar-refractivity contribution in [3.63, 3.8) is 0 Å². The van der Waals surface area contributed by atoms with E-state index >= 15 is 0 Å². The molecule has 0 amide bonds. The van der Waals surface area contributed by atoms with Crippen molar-refractivity contribution in [2.24, 2.45) is 0 Å². The number of piperidine rings is 1. The van der Waals surface area contributed by atoms with Gasteiger partial charge >= 0.3 is 0 Å². The minimum atomic E-state index is 0.668. The number of nitrogens with one attached hydrogen (secondary N) is 1. The molecule has 1 aromatic carbocycles. The van der Waals surface area contributed by atoms with Crippen LogP contribution in [0.3, 0.4) is 0 Å². The summed E-state index contributed by atoms with van der Waals surface area (Å²) in [5.41, 5.74) is 4.08. The predicted molar refractivity (Wildman–Crippen MR) is 82.3 cm³/mol. The fraction of sp³-hybridized carbons (Fsp3) is 0.529. The molecule has 2 rings (SSSR count). The zero-order valence-corrected chi connectivity index (χ0v) is 12.3. The van der Waals surface area contributed by atoms with Crippen LogP contribution in [0.1, 0.15) is 30.9 Å². The van der Waals surface area contributed by atoms with Gasteiger partial charge in [0.15, 0.2) is 0 Å². The molecule has 0 aliphatic carbocycles. The maximum atomic E-state index is 4.00. The molecule has 1 aromatic rings. The zero-order chi connectivity index (χ0) is 13.7. The van der Waals surface area contributed by atoms with Crippen LogP contribution < -0.4 is 5.32 Å². The van der Waals surface area contributed by atoms with Gasteiger partial charge in [-0.1, -0.05) is 36.4 Å². The Morgan fingerprint density at radius 3 is 2.63 bits per heavy atom. The molecule has 1 saturated heterocycles. The Kier molecular flexibility index (Phi) is 5.17. The van der Waals surface area contributed by atoms with Gasteiger partial charge in [-0.05, 0) is 50.9 Å². The Bertz CT molecular complexity index is 417. The van der Waals surface area contributed by atoms with E-state index in [0.29, 0.717) is 6.04 Å². The monoisotopic (exact) mass is 258 g/mol. The second-order valence-electron chi connectivity index (χ2n) is 5.81. The second-order valence-corrected chi connectivity index (χ2v) is 5.81. The van der Waals surface area contributed by atoms with E-state index < -0.39 is 0 Å². The second kappa shape index (κ2) is 6.88. The first-order chi connectivity index (χ1) is 9.15. The molecule has 19 heavy (non-hydrogen) atoms. The lowest BCUT2D eigenvalue weighted by Crippen LogP contribution is -2.42. The highest BCUT2D eigenvalue weighted by Gasteiger charge is 2.18. The molecule has 2 nitrogen and oxygen atoms in total. The van der Waals surface area contributed by atoms with Crippen molar-refractivity contribution < 1.29 is 0 Å². The maximum absolute atomic E-state index is 4.00. The minimum Gasteiger partial charge on any atom is -0.310 e. The zero-order valence-electron chi connectivity index (χ0n) is 12.3. The molecule has 0 unspecified atom stereocenters. The summed E-state index contributed by atoms with van der Waals surface area (Å²) in [7, 11) is 0. The van der Waals surface area contributed by atoms with Crippen molar-refractivity contribution in [1.82, 2.24) is 10.2 Å². The molecule has 0 aromatic heterocycles. The number of rotatable bonds is 5. The molecule has 1 fully saturated rings. The highest BCUT2D eigenvalue weighted by molar-refractivity contribution is 5.25. The van der Waals surface area contributed by atoms with Gasteiger partial charge in [0.05, 0.1) is 0 Å². The van der Waals surface area contributed by atoms with Crippen LogP contribution in [0.2, 0.25) is 0 Å². The van der Waals surface area contributed by atoms with Gasteiger partial charge in [-0.25, -0.2) is 0 Å². The largest absolute Gasteiger partial charge is 0.310 e. The van der Waals surface area contributed by atoms with Crippen LogP contribution in [0.4, 0.5) is 0 Å². The minimum absolute atomic E-state index is 0.668. The van der Waals surface area contributed by atoms with Gasteiger partial charge in [0.2, 0.25) is 0 Å². The molecule has 0 saturated carbocycles. The standard InChI is InChI=1S/C17H26N2/c1-14(2)13-19-10-8-17(9-11-19)18-12-16-7-5-4-6-15(16)3/h4-7,17-18H,1,8-13H2,2-3H3. The van der Waals surface area contributed by atoms with Gasteiger partial charge < -0.3 is 5.32 Å². The molecule has 1 N–H and O–H groups in total. The van der Waals surface area contributed by atoms with Gasteiger partial charge in [-0.2, -0.15) is 0 Å². The van der Waals surface area contributed by atoms with Crippen molar-refractivity contribution in [2.45, 2.75) is 39.3 Å². The SMILES string of the molecule is C=C(C)CN1CCC(NCc2ccccc2C)CC1. The first-order valence-electron chi connectivity index (χ1n) is 7.30. The van der Waals surface area contributed by atoms with Gasteiger partial charge in [0.25, 0.3) is 0 Å². The summed E-state index contributed by atoms with van der Waals surface area (Å²) in [4.78, 5) is 2.51. The predicted octanol–water partition coefficient (Wildman–Crippen LogP) is 3.13. The van der Waals surface area contributed by atoms with Crippen molar-refractivity contribution >= 4 is 0 Å². The van der Waals surface area contributed by atoms with E-state index in [-0.39, 0.29) is 0 Å². The molecule has 0 radical (unpaired) electrons. The fourth-order valence-corrected chi connectivity index (χ4v) is 2.74. The van der Waals surface area contributed by atoms with E-state index in [1.54, 1.807) is 0 Å². The lowest BCUT2D eigenvalue weighted by Gasteiger charge is -2.32. The first kappa shape index (κ1) is 14.3. The highest BCUT2D eigenvalue weighted by Crippen LogP contribution is 2.13. The Morgan fingerprint density at radius 2 is 2.00 bits per heavy atom. The smallest absolute Gasteiger partial charge is 0.0210 e. The lowest BCUT2D eigenvalue weighted by atomic mass is 10.0. The van der Waals surface area contributed by atoms with E-state index in [4.69, 9.17) is 0 Å². The van der Waals surface area contributed by atoms with E-state index in [1.807, 2.05) is 0 Å². The van der Waals surface area contributed by atoms with Crippen molar-refractivity contribution in [3.8, 4) is 0 Å². The molecule has 104 valence electrons. The van der Waals surface area contributed by atoms with Crippen LogP contribution in [-0.4, -0.2) is 30.6 Å². The third kappa shape index (κ3) is 4.48. The van der Waals surface area contributed by atoms with Gasteiger partial charge in [0, 0.05) is 19.1 Å². The van der Waals surface area contributed by atoms with E-state index in [1.165, 1.54) is 42.6 Å². The van der Waals surface area contributed by atoms with Gasteiger partial charge in [-0.3, -0.25) is 4.90 Å². The van der Waals surface area contributed by atoms with Crippen LogP contribution in [0.5, 0.6) is 0 Å². The van der Waals surface area contributed by atoms with Gasteiger partial charge in [-0.15, -0.1) is 0 Å². The van der Waals surface area contributed by atoms with Crippen molar-refractivity contribution in [2.75, 3.05) is 19.6 Å². The summed E-state index contributed by atoms with van der Waals surface area (Å²) in [6.07, 6.45) is 2.50. The first-order valence-corrected chi connectivity index (χ1v) is 7.30. The summed E-state index contributed by atoms with van der Waals surface area (Å²) >= 11 is 0. The van der Waals surface area contributed by atoms with E-state index in [2.05, 4.69) is 54.9 Å². The molecule has 0 spiro atoms. The van der Waals surface area contributed by atoms with E-state index in [9.17, 15) is 0 Å². The topological polar surface area (TPSA) is 15.3 Å². The number of likely N-dealkylation sites (tertiary alicyclic amines) is 1.